The van der Waals surface area contributed by atoms with Crippen molar-refractivity contribution in [3.8, 4) is 50.9 Å². The molecular formula is C42H31F6N3O8S. The molecule has 0 amide bonds. The number of halogens is 6. The molecule has 11 nitrogen and oxygen atoms in total. The van der Waals surface area contributed by atoms with E-state index in [2.05, 4.69) is 24.2 Å². The number of carboxylic acids is 1. The van der Waals surface area contributed by atoms with Gasteiger partial charge in [0.2, 0.25) is 0 Å². The van der Waals surface area contributed by atoms with Gasteiger partial charge in [-0.05, 0) is 90.8 Å². The van der Waals surface area contributed by atoms with Crippen molar-refractivity contribution in [3.05, 3.63) is 119 Å². The number of benzene rings is 4. The SMILES string of the molecule is O=C(O)c1nsc2cc(-c3ccc(OCc4c(-c5ccccc5OC(F)(F)F)noc4C4CC4)cc3)ccc12.OCc1c(-c2ccccc2OC(F)(F)F)noc1C1CC1. The minimum atomic E-state index is -4.85. The summed E-state index contributed by atoms with van der Waals surface area (Å²) in [5.74, 6) is 0.286. The predicted molar refractivity (Wildman–Crippen MR) is 203 cm³/mol. The Bertz CT molecular complexity index is 2650. The summed E-state index contributed by atoms with van der Waals surface area (Å²) in [6, 6.07) is 24.3. The third-order valence-electron chi connectivity index (χ3n) is 9.67. The van der Waals surface area contributed by atoms with Crippen LogP contribution in [0.1, 0.15) is 70.7 Å². The zero-order valence-corrected chi connectivity index (χ0v) is 31.7. The van der Waals surface area contributed by atoms with E-state index in [4.69, 9.17) is 13.8 Å². The van der Waals surface area contributed by atoms with E-state index in [9.17, 15) is 41.4 Å². The molecule has 9 rings (SSSR count). The quantitative estimate of drug-likeness (QED) is 0.113. The van der Waals surface area contributed by atoms with Crippen LogP contribution in [0.4, 0.5) is 26.3 Å². The van der Waals surface area contributed by atoms with E-state index in [1.165, 1.54) is 36.4 Å². The number of rotatable bonds is 12. The van der Waals surface area contributed by atoms with Crippen molar-refractivity contribution < 1.29 is 64.6 Å². The van der Waals surface area contributed by atoms with Gasteiger partial charge < -0.3 is 33.5 Å². The first-order chi connectivity index (χ1) is 28.8. The van der Waals surface area contributed by atoms with Gasteiger partial charge in [-0.3, -0.25) is 0 Å². The molecule has 0 aliphatic heterocycles. The van der Waals surface area contributed by atoms with Crippen LogP contribution in [0.2, 0.25) is 0 Å². The molecule has 0 radical (unpaired) electrons. The largest absolute Gasteiger partial charge is 0.573 e. The highest BCUT2D eigenvalue weighted by atomic mass is 32.1. The Labute approximate surface area is 339 Å². The zero-order chi connectivity index (χ0) is 42.2. The summed E-state index contributed by atoms with van der Waals surface area (Å²) in [4.78, 5) is 11.3. The second-order valence-electron chi connectivity index (χ2n) is 13.9. The molecule has 3 aromatic heterocycles. The molecule has 3 heterocycles. The van der Waals surface area contributed by atoms with E-state index in [1.54, 1.807) is 30.3 Å². The van der Waals surface area contributed by atoms with Crippen molar-refractivity contribution in [2.45, 2.75) is 63.5 Å². The van der Waals surface area contributed by atoms with Gasteiger partial charge in [-0.2, -0.15) is 4.37 Å². The minimum absolute atomic E-state index is 0.0385. The lowest BCUT2D eigenvalue weighted by molar-refractivity contribution is -0.275. The van der Waals surface area contributed by atoms with Gasteiger partial charge in [0.25, 0.3) is 0 Å². The molecule has 2 aliphatic carbocycles. The molecule has 2 saturated carbocycles. The van der Waals surface area contributed by atoms with Gasteiger partial charge in [0.15, 0.2) is 5.69 Å². The molecule has 2 aliphatic rings. The van der Waals surface area contributed by atoms with Gasteiger partial charge in [0.1, 0.15) is 46.8 Å². The van der Waals surface area contributed by atoms with Crippen molar-refractivity contribution in [2.75, 3.05) is 0 Å². The fourth-order valence-electron chi connectivity index (χ4n) is 6.61. The summed E-state index contributed by atoms with van der Waals surface area (Å²) in [6.45, 7) is -0.291. The second kappa shape index (κ2) is 16.3. The third kappa shape index (κ3) is 9.08. The number of carbonyl (C=O) groups is 1. The number of aromatic carboxylic acids is 1. The average Bonchev–Trinajstić information content (AvgIpc) is 4.12. The molecule has 4 aromatic carbocycles. The first-order valence-corrected chi connectivity index (χ1v) is 19.2. The van der Waals surface area contributed by atoms with Crippen LogP contribution in [0.15, 0.2) is 100 Å². The van der Waals surface area contributed by atoms with Gasteiger partial charge in [0.05, 0.1) is 16.9 Å². The van der Waals surface area contributed by atoms with E-state index in [0.29, 0.717) is 33.8 Å². The molecule has 0 saturated heterocycles. The number of para-hydroxylation sites is 2. The molecule has 0 bridgehead atoms. The smallest absolute Gasteiger partial charge is 0.489 e. The molecule has 60 heavy (non-hydrogen) atoms. The number of aliphatic hydroxyl groups excluding tert-OH is 1. The summed E-state index contributed by atoms with van der Waals surface area (Å²) in [7, 11) is 0. The lowest BCUT2D eigenvalue weighted by Gasteiger charge is -2.13. The zero-order valence-electron chi connectivity index (χ0n) is 30.9. The van der Waals surface area contributed by atoms with Crippen LogP contribution in [0, 0.1) is 0 Å². The van der Waals surface area contributed by atoms with Crippen LogP contribution in [-0.2, 0) is 13.2 Å². The van der Waals surface area contributed by atoms with Crippen LogP contribution in [0.5, 0.6) is 17.2 Å². The number of ether oxygens (including phenoxy) is 3. The summed E-state index contributed by atoms with van der Waals surface area (Å²) in [5.41, 5.74) is 3.62. The lowest BCUT2D eigenvalue weighted by Crippen LogP contribution is -2.17. The Balaban J connectivity index is 0.000000200. The van der Waals surface area contributed by atoms with Crippen LogP contribution < -0.4 is 14.2 Å². The van der Waals surface area contributed by atoms with Gasteiger partial charge in [-0.1, -0.05) is 58.8 Å². The monoisotopic (exact) mass is 851 g/mol. The normalized spacial score (nSPS) is 14.1. The standard InChI is InChI=1S/C28H19F3N2O5S.C14H12F3NO3/c29-28(30,31)37-22-4-2-1-3-19(22)24-21(26(38-32-24)16-5-6-16)14-36-18-10-7-15(8-11-18)17-9-12-20-23(13-17)39-33-25(20)27(34)35;15-14(16,17)20-11-4-2-1-3-9(11)12-10(7-19)13(21-18-12)8-5-6-8/h1-4,7-13,16H,5-6,14H2,(H,34,35);1-4,8,19H,5-7H2. The first kappa shape index (κ1) is 40.4. The van der Waals surface area contributed by atoms with Gasteiger partial charge in [-0.15, -0.1) is 26.3 Å². The molecule has 2 N–H and O–H groups in total. The number of aromatic nitrogens is 3. The summed E-state index contributed by atoms with van der Waals surface area (Å²) >= 11 is 1.13. The molecule has 0 atom stereocenters. The van der Waals surface area contributed by atoms with Crippen molar-refractivity contribution >= 4 is 27.6 Å². The second-order valence-corrected chi connectivity index (χ2v) is 14.7. The maximum atomic E-state index is 13.0. The summed E-state index contributed by atoms with van der Waals surface area (Å²) in [5, 5.41) is 27.3. The third-order valence-corrected chi connectivity index (χ3v) is 10.5. The van der Waals surface area contributed by atoms with Gasteiger partial charge in [0, 0.05) is 33.9 Å². The summed E-state index contributed by atoms with van der Waals surface area (Å²) in [6.07, 6.45) is -5.95. The number of carboxylic acid groups (broad SMARTS) is 1. The van der Waals surface area contributed by atoms with Crippen LogP contribution in [-0.4, -0.2) is 43.6 Å². The maximum Gasteiger partial charge on any atom is 0.573 e. The highest BCUT2D eigenvalue weighted by molar-refractivity contribution is 7.13. The minimum Gasteiger partial charge on any atom is -0.489 e. The predicted octanol–water partition coefficient (Wildman–Crippen LogP) is 11.3. The van der Waals surface area contributed by atoms with E-state index in [1.807, 2.05) is 24.3 Å². The van der Waals surface area contributed by atoms with Crippen molar-refractivity contribution in [2.24, 2.45) is 0 Å². The summed E-state index contributed by atoms with van der Waals surface area (Å²) < 4.78 is 106. The van der Waals surface area contributed by atoms with Crippen molar-refractivity contribution in [1.82, 2.24) is 14.7 Å². The molecule has 7 aromatic rings. The Morgan fingerprint density at radius 1 is 0.717 bits per heavy atom. The van der Waals surface area contributed by atoms with Crippen molar-refractivity contribution in [1.29, 1.82) is 0 Å². The highest BCUT2D eigenvalue weighted by Crippen LogP contribution is 2.47. The highest BCUT2D eigenvalue weighted by Gasteiger charge is 2.37. The molecule has 0 unspecified atom stereocenters. The topological polar surface area (TPSA) is 150 Å². The average molecular weight is 852 g/mol. The van der Waals surface area contributed by atoms with Crippen LogP contribution >= 0.6 is 11.5 Å². The van der Waals surface area contributed by atoms with Crippen LogP contribution in [0.25, 0.3) is 43.7 Å². The van der Waals surface area contributed by atoms with E-state index in [0.717, 1.165) is 53.0 Å². The number of nitrogens with zero attached hydrogens (tertiary/aromatic N) is 3. The number of fused-ring (bicyclic) bond motifs is 1. The van der Waals surface area contributed by atoms with Crippen molar-refractivity contribution in [3.63, 3.8) is 0 Å². The first-order valence-electron chi connectivity index (χ1n) is 18.4. The van der Waals surface area contributed by atoms with Gasteiger partial charge in [-0.25, -0.2) is 4.79 Å². The number of hydrogen-bond donors (Lipinski definition) is 2. The molecule has 310 valence electrons. The molecular weight excluding hydrogens is 821 g/mol. The molecule has 2 fully saturated rings. The fraction of sp³-hybridized carbons (Fsp3) is 0.238. The lowest BCUT2D eigenvalue weighted by atomic mass is 10.0. The van der Waals surface area contributed by atoms with E-state index in [-0.39, 0.29) is 64.8 Å². The van der Waals surface area contributed by atoms with E-state index >= 15 is 0 Å². The Morgan fingerprint density at radius 2 is 1.23 bits per heavy atom. The number of hydrogen-bond acceptors (Lipinski definition) is 11. The number of alkyl halides is 6. The van der Waals surface area contributed by atoms with Crippen LogP contribution in [0.3, 0.4) is 0 Å². The van der Waals surface area contributed by atoms with Gasteiger partial charge >= 0.3 is 18.7 Å². The fourth-order valence-corrected chi connectivity index (χ4v) is 7.42. The molecule has 18 heteroatoms. The Kier molecular flexibility index (Phi) is 11.0. The Morgan fingerprint density at radius 3 is 1.75 bits per heavy atom. The Hall–Kier alpha value is -6.40. The number of aliphatic hydroxyl groups is 1. The molecule has 0 spiro atoms. The van der Waals surface area contributed by atoms with E-state index < -0.39 is 18.7 Å². The maximum absolute atomic E-state index is 13.0.